The lowest BCUT2D eigenvalue weighted by Crippen LogP contribution is -2.48. The minimum Gasteiger partial charge on any atom is -0.442 e. The number of anilines is 2. The van der Waals surface area contributed by atoms with Gasteiger partial charge in [0, 0.05) is 33.1 Å². The van der Waals surface area contributed by atoms with Gasteiger partial charge in [0.1, 0.15) is 22.4 Å². The van der Waals surface area contributed by atoms with Crippen molar-refractivity contribution in [2.24, 2.45) is 0 Å². The van der Waals surface area contributed by atoms with Gasteiger partial charge in [-0.2, -0.15) is 0 Å². The molecule has 0 bridgehead atoms. The standard InChI is InChI=1S/C19H21FN6O3S2/c1-12(27)21-9-14-10-26(19(28)29-14)13-2-3-16(15(20)8-13)24-4-6-25(7-5-24)18(30)17-23-22-11-31-17/h2-3,8,11,14H,4-7,9-10H2,1H3,(H,21,27)/t14-/m0/s1. The lowest BCUT2D eigenvalue weighted by molar-refractivity contribution is -0.119. The fourth-order valence-electron chi connectivity index (χ4n) is 3.57. The Bertz CT molecular complexity index is 981. The Labute approximate surface area is 187 Å². The molecule has 31 heavy (non-hydrogen) atoms. The Morgan fingerprint density at radius 2 is 2.13 bits per heavy atom. The summed E-state index contributed by atoms with van der Waals surface area (Å²) in [5, 5.41) is 11.2. The number of hydrogen-bond acceptors (Lipinski definition) is 8. The first-order chi connectivity index (χ1) is 14.9. The normalized spacial score (nSPS) is 18.8. The van der Waals surface area contributed by atoms with Gasteiger partial charge in [0.2, 0.25) is 5.91 Å². The zero-order valence-corrected chi connectivity index (χ0v) is 18.4. The van der Waals surface area contributed by atoms with Gasteiger partial charge in [-0.1, -0.05) is 23.6 Å². The highest BCUT2D eigenvalue weighted by molar-refractivity contribution is 7.81. The summed E-state index contributed by atoms with van der Waals surface area (Å²) >= 11 is 6.88. The van der Waals surface area contributed by atoms with Crippen molar-refractivity contribution in [1.82, 2.24) is 20.4 Å². The Morgan fingerprint density at radius 1 is 1.35 bits per heavy atom. The summed E-state index contributed by atoms with van der Waals surface area (Å²) in [6.07, 6.45) is -1.02. The predicted molar refractivity (Wildman–Crippen MR) is 118 cm³/mol. The number of amides is 2. The van der Waals surface area contributed by atoms with Crippen LogP contribution in [0, 0.1) is 5.82 Å². The number of halogens is 1. The van der Waals surface area contributed by atoms with Crippen molar-refractivity contribution >= 4 is 51.9 Å². The van der Waals surface area contributed by atoms with Crippen LogP contribution in [0.15, 0.2) is 23.7 Å². The second-order valence-corrected chi connectivity index (χ2v) is 8.43. The lowest BCUT2D eigenvalue weighted by atomic mass is 10.2. The van der Waals surface area contributed by atoms with Gasteiger partial charge in [-0.05, 0) is 18.2 Å². The third-order valence-corrected chi connectivity index (χ3v) is 6.42. The summed E-state index contributed by atoms with van der Waals surface area (Å²) in [6.45, 7) is 4.40. The van der Waals surface area contributed by atoms with Crippen molar-refractivity contribution < 1.29 is 18.7 Å². The van der Waals surface area contributed by atoms with Gasteiger partial charge in [0.05, 0.1) is 24.5 Å². The average molecular weight is 465 g/mol. The highest BCUT2D eigenvalue weighted by Crippen LogP contribution is 2.28. The molecular weight excluding hydrogens is 443 g/mol. The third-order valence-electron chi connectivity index (χ3n) is 5.15. The summed E-state index contributed by atoms with van der Waals surface area (Å²) in [6, 6.07) is 4.73. The van der Waals surface area contributed by atoms with Crippen LogP contribution < -0.4 is 15.1 Å². The topological polar surface area (TPSA) is 90.9 Å². The molecule has 9 nitrogen and oxygen atoms in total. The fourth-order valence-corrected chi connectivity index (χ4v) is 4.45. The predicted octanol–water partition coefficient (Wildman–Crippen LogP) is 1.64. The maximum Gasteiger partial charge on any atom is 0.414 e. The number of carbonyl (C=O) groups excluding carboxylic acids is 2. The van der Waals surface area contributed by atoms with Crippen LogP contribution in [0.25, 0.3) is 0 Å². The van der Waals surface area contributed by atoms with Crippen molar-refractivity contribution in [1.29, 1.82) is 0 Å². The van der Waals surface area contributed by atoms with Gasteiger partial charge in [-0.15, -0.1) is 10.2 Å². The number of aromatic nitrogens is 2. The van der Waals surface area contributed by atoms with Gasteiger partial charge in [0.15, 0.2) is 5.01 Å². The van der Waals surface area contributed by atoms with Gasteiger partial charge in [0.25, 0.3) is 0 Å². The number of nitrogens with zero attached hydrogens (tertiary/aromatic N) is 5. The van der Waals surface area contributed by atoms with E-state index in [4.69, 9.17) is 17.0 Å². The molecule has 1 N–H and O–H groups in total. The Hall–Kier alpha value is -2.86. The van der Waals surface area contributed by atoms with Crippen LogP contribution in [-0.4, -0.2) is 77.5 Å². The second kappa shape index (κ2) is 9.10. The molecule has 0 aliphatic carbocycles. The Kier molecular flexibility index (Phi) is 6.28. The van der Waals surface area contributed by atoms with Crippen molar-refractivity contribution in [3.8, 4) is 0 Å². The number of benzene rings is 1. The van der Waals surface area contributed by atoms with Crippen LogP contribution in [0.1, 0.15) is 11.9 Å². The maximum atomic E-state index is 14.9. The first kappa shape index (κ1) is 21.4. The van der Waals surface area contributed by atoms with E-state index in [0.29, 0.717) is 47.5 Å². The number of cyclic esters (lactones) is 1. The highest BCUT2D eigenvalue weighted by Gasteiger charge is 2.33. The molecule has 0 radical (unpaired) electrons. The number of nitrogens with one attached hydrogen (secondary N) is 1. The molecule has 164 valence electrons. The Balaban J connectivity index is 1.38. The van der Waals surface area contributed by atoms with E-state index in [1.807, 2.05) is 9.80 Å². The molecule has 2 aliphatic heterocycles. The Morgan fingerprint density at radius 3 is 2.77 bits per heavy atom. The lowest BCUT2D eigenvalue weighted by Gasteiger charge is -2.37. The maximum absolute atomic E-state index is 14.9. The van der Waals surface area contributed by atoms with Crippen LogP contribution in [0.4, 0.5) is 20.6 Å². The van der Waals surface area contributed by atoms with Crippen molar-refractivity contribution in [2.45, 2.75) is 13.0 Å². The molecule has 2 fully saturated rings. The summed E-state index contributed by atoms with van der Waals surface area (Å²) in [5.74, 6) is -0.607. The zero-order valence-electron chi connectivity index (χ0n) is 16.8. The van der Waals surface area contributed by atoms with Gasteiger partial charge >= 0.3 is 6.09 Å². The first-order valence-corrected chi connectivity index (χ1v) is 11.0. The number of hydrogen-bond donors (Lipinski definition) is 1. The van der Waals surface area contributed by atoms with E-state index < -0.39 is 18.0 Å². The van der Waals surface area contributed by atoms with E-state index in [2.05, 4.69) is 15.5 Å². The largest absolute Gasteiger partial charge is 0.442 e. The monoisotopic (exact) mass is 464 g/mol. The van der Waals surface area contributed by atoms with E-state index >= 15 is 0 Å². The van der Waals surface area contributed by atoms with Crippen LogP contribution in [-0.2, 0) is 9.53 Å². The molecule has 2 amide bonds. The van der Waals surface area contributed by atoms with E-state index in [1.54, 1.807) is 17.6 Å². The molecule has 1 aromatic heterocycles. The first-order valence-electron chi connectivity index (χ1n) is 9.75. The fraction of sp³-hybridized carbons (Fsp3) is 0.421. The van der Waals surface area contributed by atoms with Crippen molar-refractivity contribution in [3.05, 3.63) is 34.5 Å². The molecule has 2 aliphatic rings. The third kappa shape index (κ3) is 4.74. The van der Waals surface area contributed by atoms with E-state index in [1.165, 1.54) is 29.2 Å². The molecule has 0 unspecified atom stereocenters. The van der Waals surface area contributed by atoms with Crippen LogP contribution in [0.3, 0.4) is 0 Å². The number of carbonyl (C=O) groups is 2. The smallest absolute Gasteiger partial charge is 0.414 e. The molecule has 3 heterocycles. The summed E-state index contributed by atoms with van der Waals surface area (Å²) in [4.78, 5) is 29.3. The van der Waals surface area contributed by atoms with Crippen LogP contribution in [0.2, 0.25) is 0 Å². The van der Waals surface area contributed by atoms with Crippen molar-refractivity contribution in [3.63, 3.8) is 0 Å². The molecule has 0 spiro atoms. The van der Waals surface area contributed by atoms with E-state index in [9.17, 15) is 14.0 Å². The average Bonchev–Trinajstić information content (AvgIpc) is 3.42. The molecular formula is C19H21FN6O3S2. The molecule has 12 heteroatoms. The number of ether oxygens (including phenoxy) is 1. The van der Waals surface area contributed by atoms with Crippen LogP contribution in [0.5, 0.6) is 0 Å². The summed E-state index contributed by atoms with van der Waals surface area (Å²) < 4.78 is 20.2. The molecule has 0 saturated carbocycles. The summed E-state index contributed by atoms with van der Waals surface area (Å²) in [7, 11) is 0. The number of thiocarbonyl (C=S) groups is 1. The molecule has 1 aromatic carbocycles. The van der Waals surface area contributed by atoms with E-state index in [0.717, 1.165) is 0 Å². The minimum atomic E-state index is -0.554. The summed E-state index contributed by atoms with van der Waals surface area (Å²) in [5.41, 5.74) is 2.55. The van der Waals surface area contributed by atoms with Gasteiger partial charge < -0.3 is 19.9 Å². The molecule has 4 rings (SSSR count). The van der Waals surface area contributed by atoms with Crippen molar-refractivity contribution in [2.75, 3.05) is 49.1 Å². The minimum absolute atomic E-state index is 0.200. The number of piperazine rings is 1. The quantitative estimate of drug-likeness (QED) is 0.668. The van der Waals surface area contributed by atoms with Crippen LogP contribution >= 0.6 is 23.6 Å². The second-order valence-electron chi connectivity index (χ2n) is 7.21. The molecule has 1 atom stereocenters. The van der Waals surface area contributed by atoms with E-state index in [-0.39, 0.29) is 19.0 Å². The molecule has 2 saturated heterocycles. The number of rotatable bonds is 5. The molecule has 2 aromatic rings. The highest BCUT2D eigenvalue weighted by atomic mass is 32.1. The van der Waals surface area contributed by atoms with Gasteiger partial charge in [-0.25, -0.2) is 9.18 Å². The zero-order chi connectivity index (χ0) is 22.0. The SMILES string of the molecule is CC(=O)NC[C@H]1CN(c2ccc(N3CCN(C(=S)c4nncs4)CC3)c(F)c2)C(=O)O1. The van der Waals surface area contributed by atoms with Gasteiger partial charge in [-0.3, -0.25) is 9.69 Å².